The number of ketones is 1. The minimum Gasteiger partial charge on any atom is -0.335 e. The van der Waals surface area contributed by atoms with Crippen molar-refractivity contribution < 1.29 is 9.72 Å². The van der Waals surface area contributed by atoms with E-state index in [2.05, 4.69) is 10.3 Å². The second kappa shape index (κ2) is 8.44. The number of carbonyl (C=O) groups excluding carboxylic acids is 1. The first-order valence-electron chi connectivity index (χ1n) is 8.13. The van der Waals surface area contributed by atoms with Crippen LogP contribution in [0.4, 0.5) is 11.4 Å². The third-order valence-corrected chi connectivity index (χ3v) is 4.75. The number of carbonyl (C=O) groups is 1. The van der Waals surface area contributed by atoms with Crippen LogP contribution in [0.15, 0.2) is 59.6 Å². The van der Waals surface area contributed by atoms with E-state index in [9.17, 15) is 14.9 Å². The summed E-state index contributed by atoms with van der Waals surface area (Å²) in [5.74, 6) is 0.940. The van der Waals surface area contributed by atoms with E-state index in [1.807, 2.05) is 12.1 Å². The normalized spacial score (nSPS) is 14.1. The summed E-state index contributed by atoms with van der Waals surface area (Å²) < 4.78 is 0. The lowest BCUT2D eigenvalue weighted by Gasteiger charge is -2.13. The van der Waals surface area contributed by atoms with E-state index in [1.165, 1.54) is 18.2 Å². The molecule has 0 atom stereocenters. The van der Waals surface area contributed by atoms with Gasteiger partial charge < -0.3 is 5.32 Å². The maximum Gasteiger partial charge on any atom is 0.269 e. The maximum atomic E-state index is 12.3. The Hall–Kier alpha value is -2.93. The van der Waals surface area contributed by atoms with E-state index in [1.54, 1.807) is 42.1 Å². The molecule has 0 aliphatic carbocycles. The quantitative estimate of drug-likeness (QED) is 0.366. The van der Waals surface area contributed by atoms with E-state index in [4.69, 9.17) is 0 Å². The number of benzene rings is 2. The molecular weight excluding hydrogens is 350 g/mol. The Morgan fingerprint density at radius 1 is 1.15 bits per heavy atom. The van der Waals surface area contributed by atoms with Gasteiger partial charge in [0.25, 0.3) is 5.69 Å². The molecule has 0 amide bonds. The Kier molecular flexibility index (Phi) is 5.80. The molecule has 1 N–H and O–H groups in total. The van der Waals surface area contributed by atoms with Crippen molar-refractivity contribution in [3.63, 3.8) is 0 Å². The number of aliphatic imine (C=N–C) groups is 1. The molecule has 1 aliphatic heterocycles. The van der Waals surface area contributed by atoms with E-state index in [0.717, 1.165) is 35.1 Å². The number of nitro benzene ring substituents is 1. The maximum absolute atomic E-state index is 12.3. The molecule has 1 aliphatic rings. The first kappa shape index (κ1) is 17.9. The highest BCUT2D eigenvalue weighted by molar-refractivity contribution is 8.14. The number of anilines is 1. The minimum atomic E-state index is -0.453. The number of nitro groups is 1. The summed E-state index contributed by atoms with van der Waals surface area (Å²) >= 11 is 1.70. The summed E-state index contributed by atoms with van der Waals surface area (Å²) in [5.41, 5.74) is 2.23. The Balaban J connectivity index is 1.62. The Morgan fingerprint density at radius 2 is 1.88 bits per heavy atom. The van der Waals surface area contributed by atoms with Crippen LogP contribution in [-0.4, -0.2) is 28.2 Å². The number of non-ortho nitro benzene ring substituents is 1. The van der Waals surface area contributed by atoms with Crippen LogP contribution in [0.25, 0.3) is 6.08 Å². The molecule has 0 fully saturated rings. The molecular formula is C19H17N3O3S. The highest BCUT2D eigenvalue weighted by Crippen LogP contribution is 2.17. The minimum absolute atomic E-state index is 0.0253. The number of rotatable bonds is 5. The van der Waals surface area contributed by atoms with Gasteiger partial charge in [-0.05, 0) is 54.5 Å². The molecule has 3 rings (SSSR count). The van der Waals surface area contributed by atoms with Crippen LogP contribution in [0.2, 0.25) is 0 Å². The number of hydrogen-bond donors (Lipinski definition) is 1. The van der Waals surface area contributed by atoms with Crippen LogP contribution in [0.3, 0.4) is 0 Å². The van der Waals surface area contributed by atoms with Crippen LogP contribution >= 0.6 is 11.8 Å². The lowest BCUT2D eigenvalue weighted by atomic mass is 10.1. The Morgan fingerprint density at radius 3 is 2.50 bits per heavy atom. The van der Waals surface area contributed by atoms with Gasteiger partial charge in [0.05, 0.1) is 4.92 Å². The van der Waals surface area contributed by atoms with Crippen LogP contribution < -0.4 is 5.32 Å². The largest absolute Gasteiger partial charge is 0.335 e. The first-order valence-corrected chi connectivity index (χ1v) is 9.11. The molecule has 7 heteroatoms. The van der Waals surface area contributed by atoms with Crippen molar-refractivity contribution in [3.05, 3.63) is 75.8 Å². The van der Waals surface area contributed by atoms with Crippen LogP contribution in [0, 0.1) is 10.1 Å². The van der Waals surface area contributed by atoms with Gasteiger partial charge in [-0.15, -0.1) is 0 Å². The number of nitrogens with zero attached hydrogens (tertiary/aromatic N) is 2. The number of amidine groups is 1. The Labute approximate surface area is 155 Å². The second-order valence-electron chi connectivity index (χ2n) is 5.64. The third kappa shape index (κ3) is 4.80. The molecule has 0 saturated heterocycles. The van der Waals surface area contributed by atoms with E-state index in [-0.39, 0.29) is 11.5 Å². The number of hydrogen-bond acceptors (Lipinski definition) is 6. The SMILES string of the molecule is O=C(/C=C/c1ccc([N+](=O)[O-])cc1)c1ccc(NC2=NCCCS2)cc1. The average molecular weight is 367 g/mol. The van der Waals surface area contributed by atoms with Gasteiger partial charge in [-0.3, -0.25) is 19.9 Å². The van der Waals surface area contributed by atoms with Gasteiger partial charge in [-0.1, -0.05) is 17.8 Å². The van der Waals surface area contributed by atoms with Gasteiger partial charge in [0.15, 0.2) is 11.0 Å². The molecule has 0 bridgehead atoms. The van der Waals surface area contributed by atoms with Crippen LogP contribution in [0.5, 0.6) is 0 Å². The van der Waals surface area contributed by atoms with E-state index >= 15 is 0 Å². The number of nitrogens with one attached hydrogen (secondary N) is 1. The van der Waals surface area contributed by atoms with Crippen molar-refractivity contribution in [3.8, 4) is 0 Å². The highest BCUT2D eigenvalue weighted by atomic mass is 32.2. The molecule has 0 aromatic heterocycles. The zero-order valence-electron chi connectivity index (χ0n) is 13.9. The fourth-order valence-corrected chi connectivity index (χ4v) is 3.19. The molecule has 6 nitrogen and oxygen atoms in total. The zero-order valence-corrected chi connectivity index (χ0v) is 14.7. The van der Waals surface area contributed by atoms with Gasteiger partial charge >= 0.3 is 0 Å². The summed E-state index contributed by atoms with van der Waals surface area (Å²) in [5, 5.41) is 14.8. The fraction of sp³-hybridized carbons (Fsp3) is 0.158. The summed E-state index contributed by atoms with van der Waals surface area (Å²) in [6, 6.07) is 13.3. The smallest absolute Gasteiger partial charge is 0.269 e. The first-order chi connectivity index (χ1) is 12.6. The molecule has 2 aromatic carbocycles. The average Bonchev–Trinajstić information content (AvgIpc) is 2.68. The van der Waals surface area contributed by atoms with E-state index in [0.29, 0.717) is 5.56 Å². The highest BCUT2D eigenvalue weighted by Gasteiger charge is 2.07. The molecule has 0 spiro atoms. The predicted octanol–water partition coefficient (Wildman–Crippen LogP) is 4.40. The summed E-state index contributed by atoms with van der Waals surface area (Å²) in [7, 11) is 0. The molecule has 0 radical (unpaired) electrons. The standard InChI is InChI=1S/C19H17N3O3S/c23-18(11-4-14-2-9-17(10-3-14)22(24)25)15-5-7-16(8-6-15)21-19-20-12-1-13-26-19/h2-11H,1,12-13H2,(H,20,21)/b11-4+. The van der Waals surface area contributed by atoms with Gasteiger partial charge in [0, 0.05) is 35.7 Å². The van der Waals surface area contributed by atoms with E-state index < -0.39 is 4.92 Å². The van der Waals surface area contributed by atoms with Crippen molar-refractivity contribution in [1.82, 2.24) is 0 Å². The number of allylic oxidation sites excluding steroid dienone is 1. The Bertz CT molecular complexity index is 859. The summed E-state index contributed by atoms with van der Waals surface area (Å²) in [6.07, 6.45) is 4.21. The third-order valence-electron chi connectivity index (χ3n) is 3.75. The molecule has 26 heavy (non-hydrogen) atoms. The van der Waals surface area contributed by atoms with Crippen molar-refractivity contribution in [2.75, 3.05) is 17.6 Å². The zero-order chi connectivity index (χ0) is 18.4. The summed E-state index contributed by atoms with van der Waals surface area (Å²) in [4.78, 5) is 26.8. The van der Waals surface area contributed by atoms with Crippen LogP contribution in [-0.2, 0) is 0 Å². The lowest BCUT2D eigenvalue weighted by Crippen LogP contribution is -2.13. The second-order valence-corrected chi connectivity index (χ2v) is 6.72. The van der Waals surface area contributed by atoms with Crippen molar-refractivity contribution >= 4 is 40.2 Å². The van der Waals surface area contributed by atoms with Crippen LogP contribution in [0.1, 0.15) is 22.3 Å². The molecule has 2 aromatic rings. The molecule has 0 saturated carbocycles. The molecule has 0 unspecified atom stereocenters. The fourth-order valence-electron chi connectivity index (χ4n) is 2.35. The van der Waals surface area contributed by atoms with Crippen molar-refractivity contribution in [1.29, 1.82) is 0 Å². The molecule has 132 valence electrons. The van der Waals surface area contributed by atoms with Crippen molar-refractivity contribution in [2.24, 2.45) is 4.99 Å². The lowest BCUT2D eigenvalue weighted by molar-refractivity contribution is -0.384. The van der Waals surface area contributed by atoms with Crippen molar-refractivity contribution in [2.45, 2.75) is 6.42 Å². The monoisotopic (exact) mass is 367 g/mol. The van der Waals surface area contributed by atoms with Gasteiger partial charge in [-0.2, -0.15) is 0 Å². The van der Waals surface area contributed by atoms with Gasteiger partial charge in [0.1, 0.15) is 0 Å². The summed E-state index contributed by atoms with van der Waals surface area (Å²) in [6.45, 7) is 0.847. The predicted molar refractivity (Wildman–Crippen MR) is 106 cm³/mol. The number of thioether (sulfide) groups is 1. The molecule has 1 heterocycles. The van der Waals surface area contributed by atoms with Gasteiger partial charge in [-0.25, -0.2) is 0 Å². The topological polar surface area (TPSA) is 84.6 Å². The van der Waals surface area contributed by atoms with Gasteiger partial charge in [0.2, 0.25) is 0 Å².